The largest absolute Gasteiger partial charge is 0.497 e. The Balaban J connectivity index is 2.68. The van der Waals surface area contributed by atoms with E-state index in [0.29, 0.717) is 0 Å². The third-order valence-corrected chi connectivity index (χ3v) is 3.49. The maximum Gasteiger partial charge on any atom is 0.132 e. The third kappa shape index (κ3) is 2.10. The van der Waals surface area contributed by atoms with Gasteiger partial charge in [0, 0.05) is 12.6 Å². The normalized spacial score (nSPS) is 10.5. The van der Waals surface area contributed by atoms with Gasteiger partial charge in [0.1, 0.15) is 21.9 Å². The molecule has 1 heterocycles. The Hall–Kier alpha value is -1.49. The molecule has 5 heteroatoms. The van der Waals surface area contributed by atoms with E-state index in [9.17, 15) is 0 Å². The van der Waals surface area contributed by atoms with Crippen molar-refractivity contribution in [1.29, 1.82) is 0 Å². The molecular weight excluding hydrogens is 296 g/mol. The molecule has 0 aliphatic heterocycles. The SMILES string of the molecule is COc1ccc(OC)c(-c2c(Br)nc(C)n2C)c1. The Bertz CT molecular complexity index is 579. The Morgan fingerprint density at radius 3 is 2.44 bits per heavy atom. The second-order valence-electron chi connectivity index (χ2n) is 3.92. The fourth-order valence-electron chi connectivity index (χ4n) is 1.86. The summed E-state index contributed by atoms with van der Waals surface area (Å²) < 4.78 is 13.5. The lowest BCUT2D eigenvalue weighted by Crippen LogP contribution is -1.97. The number of aromatic nitrogens is 2. The molecule has 4 nitrogen and oxygen atoms in total. The van der Waals surface area contributed by atoms with Gasteiger partial charge in [-0.2, -0.15) is 0 Å². The van der Waals surface area contributed by atoms with Crippen molar-refractivity contribution < 1.29 is 9.47 Å². The molecule has 1 aromatic carbocycles. The number of imidazole rings is 1. The zero-order valence-corrected chi connectivity index (χ0v) is 12.4. The van der Waals surface area contributed by atoms with Gasteiger partial charge in [-0.15, -0.1) is 0 Å². The van der Waals surface area contributed by atoms with Gasteiger partial charge in [-0.1, -0.05) is 0 Å². The minimum Gasteiger partial charge on any atom is -0.497 e. The molecule has 1 aromatic heterocycles. The van der Waals surface area contributed by atoms with Gasteiger partial charge >= 0.3 is 0 Å². The molecule has 0 aliphatic carbocycles. The van der Waals surface area contributed by atoms with Crippen molar-refractivity contribution in [3.8, 4) is 22.8 Å². The van der Waals surface area contributed by atoms with Gasteiger partial charge in [0.2, 0.25) is 0 Å². The standard InChI is InChI=1S/C13H15BrN2O2/c1-8-15-13(14)12(16(8)2)10-7-9(17-3)5-6-11(10)18-4/h5-7H,1-4H3. The molecule has 0 radical (unpaired) electrons. The average molecular weight is 311 g/mol. The summed E-state index contributed by atoms with van der Waals surface area (Å²) in [6.45, 7) is 1.96. The quantitative estimate of drug-likeness (QED) is 0.873. The first-order valence-corrected chi connectivity index (χ1v) is 6.29. The number of benzene rings is 1. The van der Waals surface area contributed by atoms with E-state index in [-0.39, 0.29) is 0 Å². The molecule has 2 rings (SSSR count). The summed E-state index contributed by atoms with van der Waals surface area (Å²) in [6.07, 6.45) is 0. The lowest BCUT2D eigenvalue weighted by Gasteiger charge is -2.11. The van der Waals surface area contributed by atoms with Crippen LogP contribution in [0.2, 0.25) is 0 Å². The summed E-state index contributed by atoms with van der Waals surface area (Å²) in [6, 6.07) is 5.71. The minimum atomic E-state index is 0.788. The topological polar surface area (TPSA) is 36.3 Å². The van der Waals surface area contributed by atoms with Crippen LogP contribution in [-0.4, -0.2) is 23.8 Å². The first kappa shape index (κ1) is 13.0. The van der Waals surface area contributed by atoms with Crippen molar-refractivity contribution in [2.24, 2.45) is 7.05 Å². The van der Waals surface area contributed by atoms with Crippen LogP contribution in [0, 0.1) is 6.92 Å². The molecule has 0 bridgehead atoms. The summed E-state index contributed by atoms with van der Waals surface area (Å²) in [5.41, 5.74) is 1.93. The van der Waals surface area contributed by atoms with E-state index in [1.165, 1.54) is 0 Å². The summed E-state index contributed by atoms with van der Waals surface area (Å²) in [5, 5.41) is 0. The van der Waals surface area contributed by atoms with E-state index in [1.807, 2.05) is 36.7 Å². The maximum absolute atomic E-state index is 5.40. The van der Waals surface area contributed by atoms with Gasteiger partial charge in [0.25, 0.3) is 0 Å². The highest BCUT2D eigenvalue weighted by molar-refractivity contribution is 9.10. The van der Waals surface area contributed by atoms with Crippen molar-refractivity contribution in [1.82, 2.24) is 9.55 Å². The van der Waals surface area contributed by atoms with Gasteiger partial charge in [-0.05, 0) is 41.1 Å². The second-order valence-corrected chi connectivity index (χ2v) is 4.67. The summed E-state index contributed by atoms with van der Waals surface area (Å²) in [4.78, 5) is 4.40. The Morgan fingerprint density at radius 1 is 1.22 bits per heavy atom. The molecule has 0 unspecified atom stereocenters. The van der Waals surface area contributed by atoms with Crippen molar-refractivity contribution in [3.05, 3.63) is 28.6 Å². The van der Waals surface area contributed by atoms with Crippen LogP contribution in [-0.2, 0) is 7.05 Å². The van der Waals surface area contributed by atoms with Crippen LogP contribution < -0.4 is 9.47 Å². The zero-order valence-electron chi connectivity index (χ0n) is 10.8. The number of nitrogens with zero attached hydrogens (tertiary/aromatic N) is 2. The Kier molecular flexibility index (Phi) is 3.61. The van der Waals surface area contributed by atoms with Crippen LogP contribution in [0.3, 0.4) is 0 Å². The first-order chi connectivity index (χ1) is 8.58. The van der Waals surface area contributed by atoms with E-state index in [2.05, 4.69) is 20.9 Å². The number of methoxy groups -OCH3 is 2. The van der Waals surface area contributed by atoms with Crippen molar-refractivity contribution in [3.63, 3.8) is 0 Å². The lowest BCUT2D eigenvalue weighted by molar-refractivity contribution is 0.404. The number of rotatable bonds is 3. The molecular formula is C13H15BrN2O2. The van der Waals surface area contributed by atoms with Gasteiger partial charge in [-0.25, -0.2) is 4.98 Å². The van der Waals surface area contributed by atoms with Crippen LogP contribution in [0.15, 0.2) is 22.8 Å². The smallest absolute Gasteiger partial charge is 0.132 e. The summed E-state index contributed by atoms with van der Waals surface area (Å²) in [7, 11) is 5.28. The van der Waals surface area contributed by atoms with E-state index in [1.54, 1.807) is 14.2 Å². The molecule has 0 spiro atoms. The monoisotopic (exact) mass is 310 g/mol. The fourth-order valence-corrected chi connectivity index (χ4v) is 2.60. The van der Waals surface area contributed by atoms with Crippen molar-refractivity contribution in [2.75, 3.05) is 14.2 Å². The van der Waals surface area contributed by atoms with Crippen molar-refractivity contribution >= 4 is 15.9 Å². The number of ether oxygens (including phenoxy) is 2. The number of hydrogen-bond acceptors (Lipinski definition) is 3. The zero-order chi connectivity index (χ0) is 13.3. The lowest BCUT2D eigenvalue weighted by atomic mass is 10.1. The fraction of sp³-hybridized carbons (Fsp3) is 0.308. The molecule has 0 saturated heterocycles. The highest BCUT2D eigenvalue weighted by atomic mass is 79.9. The molecule has 0 aliphatic rings. The van der Waals surface area contributed by atoms with Gasteiger partial charge in [0.15, 0.2) is 0 Å². The molecule has 0 N–H and O–H groups in total. The van der Waals surface area contributed by atoms with E-state index >= 15 is 0 Å². The molecule has 18 heavy (non-hydrogen) atoms. The third-order valence-electron chi connectivity index (χ3n) is 2.94. The molecule has 0 amide bonds. The van der Waals surface area contributed by atoms with Crippen LogP contribution in [0.4, 0.5) is 0 Å². The van der Waals surface area contributed by atoms with E-state index < -0.39 is 0 Å². The van der Waals surface area contributed by atoms with Crippen LogP contribution in [0.5, 0.6) is 11.5 Å². The Morgan fingerprint density at radius 2 is 1.94 bits per heavy atom. The predicted octanol–water partition coefficient (Wildman–Crippen LogP) is 3.18. The highest BCUT2D eigenvalue weighted by Gasteiger charge is 2.17. The molecule has 96 valence electrons. The molecule has 0 saturated carbocycles. The van der Waals surface area contributed by atoms with E-state index in [4.69, 9.17) is 9.47 Å². The van der Waals surface area contributed by atoms with Crippen LogP contribution in [0.1, 0.15) is 5.82 Å². The minimum absolute atomic E-state index is 0.788. The Labute approximate surface area is 115 Å². The van der Waals surface area contributed by atoms with Crippen LogP contribution in [0.25, 0.3) is 11.3 Å². The van der Waals surface area contributed by atoms with Crippen LogP contribution >= 0.6 is 15.9 Å². The molecule has 2 aromatic rings. The predicted molar refractivity (Wildman–Crippen MR) is 74.2 cm³/mol. The van der Waals surface area contributed by atoms with Gasteiger partial charge in [0.05, 0.1) is 19.9 Å². The summed E-state index contributed by atoms with van der Waals surface area (Å²) >= 11 is 3.49. The molecule has 0 fully saturated rings. The summed E-state index contributed by atoms with van der Waals surface area (Å²) in [5.74, 6) is 2.51. The van der Waals surface area contributed by atoms with Gasteiger partial charge < -0.3 is 14.0 Å². The highest BCUT2D eigenvalue weighted by Crippen LogP contribution is 2.37. The molecule has 0 atom stereocenters. The number of halogens is 1. The number of aryl methyl sites for hydroxylation is 1. The first-order valence-electron chi connectivity index (χ1n) is 5.49. The average Bonchev–Trinajstić information content (AvgIpc) is 2.62. The maximum atomic E-state index is 5.40. The van der Waals surface area contributed by atoms with Gasteiger partial charge in [-0.3, -0.25) is 0 Å². The number of hydrogen-bond donors (Lipinski definition) is 0. The van der Waals surface area contributed by atoms with E-state index in [0.717, 1.165) is 33.2 Å². The second kappa shape index (κ2) is 5.02. The van der Waals surface area contributed by atoms with Crippen molar-refractivity contribution in [2.45, 2.75) is 6.92 Å².